The van der Waals surface area contributed by atoms with E-state index in [-0.39, 0.29) is 0 Å². The van der Waals surface area contributed by atoms with Crippen LogP contribution in [0.2, 0.25) is 0 Å². The van der Waals surface area contributed by atoms with E-state index < -0.39 is 0 Å². The third kappa shape index (κ3) is 7.03. The number of ether oxygens (including phenoxy) is 1. The molecule has 0 aromatic heterocycles. The van der Waals surface area contributed by atoms with Gasteiger partial charge in [-0.2, -0.15) is 0 Å². The number of benzene rings is 3. The minimum absolute atomic E-state index is 0.684. The summed E-state index contributed by atoms with van der Waals surface area (Å²) < 4.78 is 5.17. The normalized spacial score (nSPS) is 10.8. The number of unbranched alkanes of at least 4 members (excludes halogenated alkanes) is 1. The lowest BCUT2D eigenvalue weighted by atomic mass is 10.00. The van der Waals surface area contributed by atoms with Crippen LogP contribution in [-0.4, -0.2) is 7.11 Å². The van der Waals surface area contributed by atoms with Crippen LogP contribution in [0.1, 0.15) is 46.2 Å². The Labute approximate surface area is 176 Å². The molecule has 0 bridgehead atoms. The molecule has 3 aromatic carbocycles. The first-order chi connectivity index (χ1) is 14.3. The molecule has 0 unspecified atom stereocenters. The Morgan fingerprint density at radius 2 is 0.966 bits per heavy atom. The fourth-order valence-electron chi connectivity index (χ4n) is 3.61. The smallest absolute Gasteiger partial charge is 0.0713 e. The Morgan fingerprint density at radius 1 is 0.586 bits per heavy atom. The van der Waals surface area contributed by atoms with Gasteiger partial charge in [0.25, 0.3) is 0 Å². The first-order valence-corrected chi connectivity index (χ1v) is 10.6. The van der Waals surface area contributed by atoms with Crippen LogP contribution >= 0.6 is 0 Å². The van der Waals surface area contributed by atoms with Crippen LogP contribution in [0, 0.1) is 0 Å². The summed E-state index contributed by atoms with van der Waals surface area (Å²) in [6, 6.07) is 26.7. The molecule has 0 saturated carbocycles. The van der Waals surface area contributed by atoms with Gasteiger partial charge in [0.2, 0.25) is 0 Å². The maximum absolute atomic E-state index is 5.17. The molecule has 29 heavy (non-hydrogen) atoms. The Morgan fingerprint density at radius 3 is 1.38 bits per heavy atom. The average molecular weight is 385 g/mol. The monoisotopic (exact) mass is 384 g/mol. The summed E-state index contributed by atoms with van der Waals surface area (Å²) in [6.45, 7) is 4.49. The standard InChI is InChI=1S/C28H32O/c1-3-23-8-10-24(11-9-23)6-4-5-7-25-12-14-26(15-13-25)16-17-27-18-20-28(21-19-27)22-29-2/h3,8-15,18-21H,1,4-7,16-17,22H2,2H3. The summed E-state index contributed by atoms with van der Waals surface area (Å²) in [5.74, 6) is 0. The van der Waals surface area contributed by atoms with Gasteiger partial charge in [-0.25, -0.2) is 0 Å². The highest BCUT2D eigenvalue weighted by atomic mass is 16.5. The second-order valence-electron chi connectivity index (χ2n) is 7.72. The highest BCUT2D eigenvalue weighted by Gasteiger charge is 2.00. The first-order valence-electron chi connectivity index (χ1n) is 10.6. The summed E-state index contributed by atoms with van der Waals surface area (Å²) in [5.41, 5.74) is 8.08. The molecule has 0 atom stereocenters. The molecule has 0 fully saturated rings. The molecule has 1 heteroatoms. The topological polar surface area (TPSA) is 9.23 Å². The van der Waals surface area contributed by atoms with E-state index in [1.54, 1.807) is 7.11 Å². The molecule has 0 heterocycles. The van der Waals surface area contributed by atoms with Crippen molar-refractivity contribution in [3.63, 3.8) is 0 Å². The molecule has 3 aromatic rings. The van der Waals surface area contributed by atoms with Crippen LogP contribution in [0.25, 0.3) is 6.08 Å². The van der Waals surface area contributed by atoms with Gasteiger partial charge in [-0.05, 0) is 71.9 Å². The molecule has 150 valence electrons. The zero-order valence-electron chi connectivity index (χ0n) is 17.6. The molecule has 3 rings (SSSR count). The van der Waals surface area contributed by atoms with Crippen LogP contribution in [0.4, 0.5) is 0 Å². The van der Waals surface area contributed by atoms with Crippen molar-refractivity contribution in [1.29, 1.82) is 0 Å². The number of rotatable bonds is 11. The molecule has 0 radical (unpaired) electrons. The third-order valence-electron chi connectivity index (χ3n) is 5.46. The first kappa shape index (κ1) is 21.1. The van der Waals surface area contributed by atoms with Crippen molar-refractivity contribution in [3.8, 4) is 0 Å². The van der Waals surface area contributed by atoms with Crippen molar-refractivity contribution in [2.75, 3.05) is 7.11 Å². The Bertz CT molecular complexity index is 858. The van der Waals surface area contributed by atoms with E-state index in [9.17, 15) is 0 Å². The number of methoxy groups -OCH3 is 1. The Kier molecular flexibility index (Phi) is 8.27. The molecule has 0 saturated heterocycles. The van der Waals surface area contributed by atoms with E-state index in [1.165, 1.54) is 46.2 Å². The van der Waals surface area contributed by atoms with Crippen molar-refractivity contribution in [2.45, 2.75) is 45.1 Å². The van der Waals surface area contributed by atoms with Crippen LogP contribution in [0.15, 0.2) is 79.4 Å². The number of hydrogen-bond acceptors (Lipinski definition) is 1. The zero-order chi connectivity index (χ0) is 20.3. The van der Waals surface area contributed by atoms with Crippen LogP contribution in [-0.2, 0) is 37.0 Å². The number of hydrogen-bond donors (Lipinski definition) is 0. The van der Waals surface area contributed by atoms with Gasteiger partial charge in [-0.3, -0.25) is 0 Å². The van der Waals surface area contributed by atoms with Crippen LogP contribution in [0.5, 0.6) is 0 Å². The summed E-state index contributed by atoms with van der Waals surface area (Å²) in [7, 11) is 1.74. The molecule has 0 aliphatic heterocycles. The molecular formula is C28H32O. The van der Waals surface area contributed by atoms with Gasteiger partial charge >= 0.3 is 0 Å². The molecule has 0 spiro atoms. The highest BCUT2D eigenvalue weighted by molar-refractivity contribution is 5.47. The zero-order valence-corrected chi connectivity index (χ0v) is 17.6. The fourth-order valence-corrected chi connectivity index (χ4v) is 3.61. The summed E-state index contributed by atoms with van der Waals surface area (Å²) >= 11 is 0. The van der Waals surface area contributed by atoms with E-state index in [0.29, 0.717) is 6.61 Å². The van der Waals surface area contributed by atoms with Crippen LogP contribution < -0.4 is 0 Å². The maximum Gasteiger partial charge on any atom is 0.0713 e. The number of aryl methyl sites for hydroxylation is 4. The second-order valence-corrected chi connectivity index (χ2v) is 7.72. The summed E-state index contributed by atoms with van der Waals surface area (Å²) in [4.78, 5) is 0. The highest BCUT2D eigenvalue weighted by Crippen LogP contribution is 2.14. The van der Waals surface area contributed by atoms with E-state index in [2.05, 4.69) is 79.4 Å². The van der Waals surface area contributed by atoms with Crippen molar-refractivity contribution < 1.29 is 4.74 Å². The van der Waals surface area contributed by atoms with Gasteiger partial charge in [0.1, 0.15) is 0 Å². The molecule has 0 aliphatic rings. The maximum atomic E-state index is 5.17. The third-order valence-corrected chi connectivity index (χ3v) is 5.46. The summed E-state index contributed by atoms with van der Waals surface area (Å²) in [6.07, 6.45) is 8.84. The lowest BCUT2D eigenvalue weighted by Gasteiger charge is -2.06. The summed E-state index contributed by atoms with van der Waals surface area (Å²) in [5, 5.41) is 0. The van der Waals surface area contributed by atoms with Crippen LogP contribution in [0.3, 0.4) is 0 Å². The van der Waals surface area contributed by atoms with Crippen molar-refractivity contribution >= 4 is 6.08 Å². The largest absolute Gasteiger partial charge is 0.380 e. The van der Waals surface area contributed by atoms with Gasteiger partial charge < -0.3 is 4.74 Å². The lowest BCUT2D eigenvalue weighted by molar-refractivity contribution is 0.185. The molecule has 0 N–H and O–H groups in total. The minimum atomic E-state index is 0.684. The van der Waals surface area contributed by atoms with Gasteiger partial charge in [0, 0.05) is 7.11 Å². The lowest BCUT2D eigenvalue weighted by Crippen LogP contribution is -1.94. The van der Waals surface area contributed by atoms with Gasteiger partial charge in [0.15, 0.2) is 0 Å². The van der Waals surface area contributed by atoms with Gasteiger partial charge in [-0.15, -0.1) is 0 Å². The minimum Gasteiger partial charge on any atom is -0.380 e. The quantitative estimate of drug-likeness (QED) is 0.329. The Balaban J connectivity index is 1.38. The van der Waals surface area contributed by atoms with Crippen molar-refractivity contribution in [2.24, 2.45) is 0 Å². The average Bonchev–Trinajstić information content (AvgIpc) is 2.78. The molecule has 0 aliphatic carbocycles. The van der Waals surface area contributed by atoms with E-state index in [0.717, 1.165) is 25.7 Å². The molecule has 1 nitrogen and oxygen atoms in total. The van der Waals surface area contributed by atoms with E-state index in [4.69, 9.17) is 4.74 Å². The molecular weight excluding hydrogens is 352 g/mol. The van der Waals surface area contributed by atoms with Gasteiger partial charge in [0.05, 0.1) is 6.61 Å². The second kappa shape index (κ2) is 11.4. The van der Waals surface area contributed by atoms with Gasteiger partial charge in [-0.1, -0.05) is 85.5 Å². The van der Waals surface area contributed by atoms with Crippen molar-refractivity contribution in [3.05, 3.63) is 113 Å². The SMILES string of the molecule is C=Cc1ccc(CCCCc2ccc(CCc3ccc(COC)cc3)cc2)cc1. The van der Waals surface area contributed by atoms with E-state index >= 15 is 0 Å². The van der Waals surface area contributed by atoms with Crippen molar-refractivity contribution in [1.82, 2.24) is 0 Å². The van der Waals surface area contributed by atoms with E-state index in [1.807, 2.05) is 6.08 Å². The molecule has 0 amide bonds. The Hall–Kier alpha value is -2.64. The predicted octanol–water partition coefficient (Wildman–Crippen LogP) is 6.83. The predicted molar refractivity (Wildman–Crippen MR) is 124 cm³/mol. The fraction of sp³-hybridized carbons (Fsp3) is 0.286.